The van der Waals surface area contributed by atoms with Crippen molar-refractivity contribution in [1.29, 1.82) is 5.26 Å². The monoisotopic (exact) mass is 325 g/mol. The Hall–Kier alpha value is -2.28. The molecule has 128 valence electrons. The van der Waals surface area contributed by atoms with Crippen molar-refractivity contribution in [1.82, 2.24) is 9.80 Å². The Morgan fingerprint density at radius 2 is 1.96 bits per heavy atom. The molecule has 0 atom stereocenters. The molecule has 1 aromatic rings. The fourth-order valence-corrected chi connectivity index (χ4v) is 2.90. The molecule has 0 aromatic heterocycles. The molecule has 0 N–H and O–H groups in total. The minimum absolute atomic E-state index is 0.0378. The first-order chi connectivity index (χ1) is 11.5. The van der Waals surface area contributed by atoms with Crippen LogP contribution in [0.15, 0.2) is 42.1 Å². The second kappa shape index (κ2) is 8.54. The fourth-order valence-electron chi connectivity index (χ4n) is 2.90. The summed E-state index contributed by atoms with van der Waals surface area (Å²) in [5.74, 6) is 0.538. The number of carbonyl (C=O) groups is 1. The molecule has 4 heteroatoms. The Morgan fingerprint density at radius 3 is 2.50 bits per heavy atom. The van der Waals surface area contributed by atoms with Crippen molar-refractivity contribution in [3.8, 4) is 6.07 Å². The largest absolute Gasteiger partial charge is 0.376 e. The molecule has 0 aliphatic carbocycles. The van der Waals surface area contributed by atoms with Crippen LogP contribution in [0, 0.1) is 17.2 Å². The van der Waals surface area contributed by atoms with E-state index in [9.17, 15) is 10.1 Å². The lowest BCUT2D eigenvalue weighted by Gasteiger charge is -2.30. The summed E-state index contributed by atoms with van der Waals surface area (Å²) in [6.07, 6.45) is 3.98. The first-order valence-electron chi connectivity index (χ1n) is 8.72. The summed E-state index contributed by atoms with van der Waals surface area (Å²) >= 11 is 0. The zero-order valence-corrected chi connectivity index (χ0v) is 14.9. The van der Waals surface area contributed by atoms with Crippen molar-refractivity contribution >= 4 is 5.91 Å². The molecule has 1 aliphatic heterocycles. The molecule has 0 spiro atoms. The minimum Gasteiger partial charge on any atom is -0.376 e. The zero-order chi connectivity index (χ0) is 17.5. The molecular formula is C20H27N3O. The van der Waals surface area contributed by atoms with E-state index < -0.39 is 0 Å². The molecule has 1 aliphatic rings. The normalized spacial score (nSPS) is 16.1. The zero-order valence-electron chi connectivity index (χ0n) is 14.9. The van der Waals surface area contributed by atoms with E-state index in [1.807, 2.05) is 44.2 Å². The van der Waals surface area contributed by atoms with Gasteiger partial charge in [-0.3, -0.25) is 4.79 Å². The van der Waals surface area contributed by atoms with Gasteiger partial charge in [-0.15, -0.1) is 0 Å². The number of carbonyl (C=O) groups excluding carboxylic acids is 1. The lowest BCUT2D eigenvalue weighted by Crippen LogP contribution is -2.38. The molecule has 2 rings (SSSR count). The third-order valence-electron chi connectivity index (χ3n) is 4.56. The molecule has 1 aromatic carbocycles. The first kappa shape index (κ1) is 18.1. The Balaban J connectivity index is 2.13. The second-order valence-corrected chi connectivity index (χ2v) is 6.89. The van der Waals surface area contributed by atoms with Gasteiger partial charge in [-0.1, -0.05) is 37.3 Å². The smallest absolute Gasteiger partial charge is 0.266 e. The molecule has 0 radical (unpaired) electrons. The average molecular weight is 325 g/mol. The maximum absolute atomic E-state index is 12.9. The van der Waals surface area contributed by atoms with Gasteiger partial charge in [0.05, 0.1) is 0 Å². The summed E-state index contributed by atoms with van der Waals surface area (Å²) in [5, 5.41) is 9.48. The quantitative estimate of drug-likeness (QED) is 0.614. The average Bonchev–Trinajstić information content (AvgIpc) is 2.59. The highest BCUT2D eigenvalue weighted by Gasteiger charge is 2.23. The molecule has 0 saturated carbocycles. The van der Waals surface area contributed by atoms with Crippen molar-refractivity contribution in [3.63, 3.8) is 0 Å². The number of rotatable bonds is 5. The highest BCUT2D eigenvalue weighted by atomic mass is 16.2. The Kier molecular flexibility index (Phi) is 6.43. The number of hydrogen-bond acceptors (Lipinski definition) is 3. The van der Waals surface area contributed by atoms with Crippen molar-refractivity contribution in [3.05, 3.63) is 47.7 Å². The van der Waals surface area contributed by atoms with Crippen LogP contribution in [0.25, 0.3) is 0 Å². The third kappa shape index (κ3) is 4.86. The van der Waals surface area contributed by atoms with Crippen LogP contribution in [0.5, 0.6) is 0 Å². The Morgan fingerprint density at radius 1 is 1.33 bits per heavy atom. The molecule has 0 unspecified atom stereocenters. The van der Waals surface area contributed by atoms with Crippen LogP contribution < -0.4 is 0 Å². The fraction of sp³-hybridized carbons (Fsp3) is 0.500. The predicted molar refractivity (Wildman–Crippen MR) is 95.8 cm³/mol. The molecular weight excluding hydrogens is 298 g/mol. The lowest BCUT2D eigenvalue weighted by atomic mass is 9.99. The maximum atomic E-state index is 12.9. The molecule has 4 nitrogen and oxygen atoms in total. The van der Waals surface area contributed by atoms with Crippen LogP contribution >= 0.6 is 0 Å². The summed E-state index contributed by atoms with van der Waals surface area (Å²) in [5.41, 5.74) is 1.30. The maximum Gasteiger partial charge on any atom is 0.266 e. The van der Waals surface area contributed by atoms with E-state index in [0.29, 0.717) is 6.54 Å². The van der Waals surface area contributed by atoms with E-state index in [2.05, 4.69) is 17.9 Å². The van der Waals surface area contributed by atoms with Gasteiger partial charge in [0.1, 0.15) is 11.6 Å². The van der Waals surface area contributed by atoms with Gasteiger partial charge in [0, 0.05) is 31.9 Å². The highest BCUT2D eigenvalue weighted by molar-refractivity contribution is 5.97. The topological polar surface area (TPSA) is 47.3 Å². The highest BCUT2D eigenvalue weighted by Crippen LogP contribution is 2.18. The van der Waals surface area contributed by atoms with E-state index in [-0.39, 0.29) is 17.5 Å². The van der Waals surface area contributed by atoms with Gasteiger partial charge in [0.15, 0.2) is 0 Å². The summed E-state index contributed by atoms with van der Waals surface area (Å²) in [6, 6.07) is 12.1. The van der Waals surface area contributed by atoms with Crippen LogP contribution in [0.4, 0.5) is 0 Å². The van der Waals surface area contributed by atoms with Crippen LogP contribution in [0.3, 0.4) is 0 Å². The van der Waals surface area contributed by atoms with Crippen molar-refractivity contribution in [2.45, 2.75) is 46.2 Å². The molecule has 1 amide bonds. The number of hydrogen-bond donors (Lipinski definition) is 0. The second-order valence-electron chi connectivity index (χ2n) is 6.89. The van der Waals surface area contributed by atoms with Crippen molar-refractivity contribution in [2.75, 3.05) is 13.1 Å². The molecule has 24 heavy (non-hydrogen) atoms. The van der Waals surface area contributed by atoms with Gasteiger partial charge >= 0.3 is 0 Å². The van der Waals surface area contributed by atoms with E-state index in [0.717, 1.165) is 37.4 Å². The summed E-state index contributed by atoms with van der Waals surface area (Å²) in [6.45, 7) is 8.57. The number of nitrogens with zero attached hydrogens (tertiary/aromatic N) is 3. The molecule has 1 fully saturated rings. The standard InChI is InChI=1S/C20H27N3O/c1-16(2)23(14-18-7-5-4-6-8-18)20(24)19(13-21)15-22-11-9-17(3)10-12-22/h4-8,15-17H,9-12,14H2,1-3H3/b19-15-. The number of amides is 1. The van der Waals surface area contributed by atoms with Crippen LogP contribution in [0.2, 0.25) is 0 Å². The van der Waals surface area contributed by atoms with Crippen LogP contribution in [0.1, 0.15) is 39.2 Å². The number of likely N-dealkylation sites (tertiary alicyclic amines) is 1. The lowest BCUT2D eigenvalue weighted by molar-refractivity contribution is -0.129. The van der Waals surface area contributed by atoms with Gasteiger partial charge in [-0.2, -0.15) is 5.26 Å². The van der Waals surface area contributed by atoms with Crippen LogP contribution in [-0.4, -0.2) is 34.8 Å². The first-order valence-corrected chi connectivity index (χ1v) is 8.72. The minimum atomic E-state index is -0.185. The van der Waals surface area contributed by atoms with Gasteiger partial charge in [-0.25, -0.2) is 0 Å². The third-order valence-corrected chi connectivity index (χ3v) is 4.56. The molecule has 1 heterocycles. The van der Waals surface area contributed by atoms with E-state index >= 15 is 0 Å². The summed E-state index contributed by atoms with van der Waals surface area (Å²) < 4.78 is 0. The number of benzene rings is 1. The predicted octanol–water partition coefficient (Wildman–Crippen LogP) is 3.56. The van der Waals surface area contributed by atoms with E-state index in [1.165, 1.54) is 0 Å². The summed E-state index contributed by atoms with van der Waals surface area (Å²) in [7, 11) is 0. The van der Waals surface area contributed by atoms with Crippen molar-refractivity contribution in [2.24, 2.45) is 5.92 Å². The number of piperidine rings is 1. The Bertz CT molecular complexity index is 608. The van der Waals surface area contributed by atoms with Gasteiger partial charge < -0.3 is 9.80 Å². The molecule has 1 saturated heterocycles. The summed E-state index contributed by atoms with van der Waals surface area (Å²) in [4.78, 5) is 16.7. The van der Waals surface area contributed by atoms with Gasteiger partial charge in [0.25, 0.3) is 5.91 Å². The van der Waals surface area contributed by atoms with E-state index in [4.69, 9.17) is 0 Å². The van der Waals surface area contributed by atoms with Gasteiger partial charge in [-0.05, 0) is 38.2 Å². The van der Waals surface area contributed by atoms with E-state index in [1.54, 1.807) is 11.1 Å². The van der Waals surface area contributed by atoms with Gasteiger partial charge in [0.2, 0.25) is 0 Å². The van der Waals surface area contributed by atoms with Crippen molar-refractivity contribution < 1.29 is 4.79 Å². The SMILES string of the molecule is CC1CCN(/C=C(/C#N)C(=O)N(Cc2ccccc2)C(C)C)CC1. The van der Waals surface area contributed by atoms with Crippen LogP contribution in [-0.2, 0) is 11.3 Å². The number of nitriles is 1. The Labute approximate surface area is 145 Å². The molecule has 0 bridgehead atoms.